The van der Waals surface area contributed by atoms with Crippen molar-refractivity contribution in [3.63, 3.8) is 0 Å². The molecule has 53 heavy (non-hydrogen) atoms. The summed E-state index contributed by atoms with van der Waals surface area (Å²) in [7, 11) is 9.43. The molecule has 0 bridgehead atoms. The molecule has 0 spiro atoms. The lowest BCUT2D eigenvalue weighted by Gasteiger charge is -2.24. The molecule has 8 atom stereocenters. The first-order valence-corrected chi connectivity index (χ1v) is 17.6. The second-order valence-corrected chi connectivity index (χ2v) is 13.3. The van der Waals surface area contributed by atoms with Gasteiger partial charge in [-0.25, -0.2) is 0 Å². The molecule has 0 radical (unpaired) electrons. The van der Waals surface area contributed by atoms with Crippen molar-refractivity contribution in [3.05, 3.63) is 95.1 Å². The molecule has 0 aliphatic carbocycles. The lowest BCUT2D eigenvalue weighted by Crippen LogP contribution is -2.22. The van der Waals surface area contributed by atoms with Crippen molar-refractivity contribution in [2.24, 2.45) is 11.8 Å². The Bertz CT molecular complexity index is 1700. The summed E-state index contributed by atoms with van der Waals surface area (Å²) in [5, 5.41) is 22.2. The Hall–Kier alpha value is -4.84. The van der Waals surface area contributed by atoms with Crippen LogP contribution < -0.4 is 37.9 Å². The van der Waals surface area contributed by atoms with Crippen LogP contribution in [-0.4, -0.2) is 65.1 Å². The van der Waals surface area contributed by atoms with Crippen LogP contribution in [0.1, 0.15) is 74.4 Å². The van der Waals surface area contributed by atoms with Gasteiger partial charge < -0.3 is 52.8 Å². The number of benzene rings is 4. The van der Waals surface area contributed by atoms with Gasteiger partial charge in [-0.2, -0.15) is 0 Å². The molecular weight excluding hydrogens is 680 g/mol. The number of hydrogen-bond acceptors (Lipinski definition) is 11. The van der Waals surface area contributed by atoms with E-state index in [2.05, 4.69) is 13.8 Å². The van der Waals surface area contributed by atoms with Crippen molar-refractivity contribution < 1.29 is 52.8 Å². The number of aliphatic hydroxyl groups excluding tert-OH is 2. The maximum absolute atomic E-state index is 11.1. The van der Waals surface area contributed by atoms with E-state index in [-0.39, 0.29) is 24.0 Å². The Morgan fingerprint density at radius 2 is 0.774 bits per heavy atom. The van der Waals surface area contributed by atoms with Gasteiger partial charge in [-0.3, -0.25) is 0 Å². The predicted molar refractivity (Wildman–Crippen MR) is 200 cm³/mol. The van der Waals surface area contributed by atoms with E-state index in [1.54, 1.807) is 92.9 Å². The highest BCUT2D eigenvalue weighted by Crippen LogP contribution is 2.51. The Morgan fingerprint density at radius 3 is 1.11 bits per heavy atom. The molecule has 1 aliphatic heterocycles. The van der Waals surface area contributed by atoms with E-state index in [4.69, 9.17) is 42.6 Å². The molecule has 4 aromatic carbocycles. The molecule has 1 saturated heterocycles. The first-order chi connectivity index (χ1) is 25.5. The fraction of sp³-hybridized carbons (Fsp3) is 0.429. The van der Waals surface area contributed by atoms with Crippen molar-refractivity contribution in [2.45, 2.75) is 64.3 Å². The average Bonchev–Trinajstić information content (AvgIpc) is 3.49. The molecule has 2 N–H and O–H groups in total. The molecule has 4 unspecified atom stereocenters. The number of hydrogen-bond donors (Lipinski definition) is 2. The van der Waals surface area contributed by atoms with E-state index < -0.39 is 24.4 Å². The van der Waals surface area contributed by atoms with Gasteiger partial charge in [0.05, 0.1) is 54.9 Å². The van der Waals surface area contributed by atoms with Crippen LogP contribution in [0.15, 0.2) is 72.8 Å². The minimum Gasteiger partial charge on any atom is -0.493 e. The molecule has 11 nitrogen and oxygen atoms in total. The quantitative estimate of drug-likeness (QED) is 0.117. The van der Waals surface area contributed by atoms with Gasteiger partial charge in [-0.15, -0.1) is 0 Å². The third-order valence-electron chi connectivity index (χ3n) is 10.1. The van der Waals surface area contributed by atoms with Gasteiger partial charge in [-0.1, -0.05) is 38.1 Å². The molecule has 5 rings (SSSR count). The van der Waals surface area contributed by atoms with Crippen LogP contribution >= 0.6 is 0 Å². The summed E-state index contributed by atoms with van der Waals surface area (Å²) in [6, 6.07) is 22.1. The summed E-state index contributed by atoms with van der Waals surface area (Å²) in [5.41, 5.74) is 3.18. The Morgan fingerprint density at radius 1 is 0.453 bits per heavy atom. The van der Waals surface area contributed by atoms with Crippen molar-refractivity contribution >= 4 is 0 Å². The second kappa shape index (κ2) is 17.3. The van der Waals surface area contributed by atoms with E-state index in [1.807, 2.05) is 36.4 Å². The molecule has 11 heteroatoms. The van der Waals surface area contributed by atoms with Gasteiger partial charge >= 0.3 is 0 Å². The van der Waals surface area contributed by atoms with Gasteiger partial charge in [0.25, 0.3) is 0 Å². The van der Waals surface area contributed by atoms with E-state index in [0.29, 0.717) is 57.1 Å². The number of ether oxygens (including phenoxy) is 9. The van der Waals surface area contributed by atoms with Crippen LogP contribution in [-0.2, 0) is 4.74 Å². The van der Waals surface area contributed by atoms with E-state index >= 15 is 0 Å². The number of aliphatic hydroxyl groups is 2. The van der Waals surface area contributed by atoms with Crippen LogP contribution in [0, 0.1) is 11.8 Å². The molecule has 286 valence electrons. The van der Waals surface area contributed by atoms with Crippen LogP contribution in [0.25, 0.3) is 0 Å². The summed E-state index contributed by atoms with van der Waals surface area (Å²) in [4.78, 5) is 0. The zero-order valence-corrected chi connectivity index (χ0v) is 32.1. The van der Waals surface area contributed by atoms with Gasteiger partial charge in [0.1, 0.15) is 24.4 Å². The standard InChI is InChI=1S/C42H52O11/c1-23-24(2)42(30-14-18-34(38(22-30)50-10)52-26(4)40(44)28-12-16-32(46-6)36(20-28)48-8)53-41(23)29-13-17-33(37(21-29)49-9)51-25(3)39(43)27-11-15-31(45-5)35(19-27)47-7/h11-26,39-44H,1-10H3/t23-,24?,25?,26-,39-,40?,41+,42?/m1/s1. The average molecular weight is 733 g/mol. The van der Waals surface area contributed by atoms with Crippen LogP contribution in [0.2, 0.25) is 0 Å². The number of rotatable bonds is 16. The summed E-state index contributed by atoms with van der Waals surface area (Å²) in [5.74, 6) is 4.62. The molecule has 0 saturated carbocycles. The van der Waals surface area contributed by atoms with E-state index in [0.717, 1.165) is 11.1 Å². The highest BCUT2D eigenvalue weighted by atomic mass is 16.5. The second-order valence-electron chi connectivity index (χ2n) is 13.3. The predicted octanol–water partition coefficient (Wildman–Crippen LogP) is 7.82. The van der Waals surface area contributed by atoms with Crippen LogP contribution in [0.4, 0.5) is 0 Å². The van der Waals surface area contributed by atoms with E-state index in [9.17, 15) is 10.2 Å². The highest BCUT2D eigenvalue weighted by molar-refractivity contribution is 5.48. The summed E-state index contributed by atoms with van der Waals surface area (Å²) >= 11 is 0. The zero-order chi connectivity index (χ0) is 38.4. The number of methoxy groups -OCH3 is 6. The maximum Gasteiger partial charge on any atom is 0.161 e. The molecule has 0 amide bonds. The largest absolute Gasteiger partial charge is 0.493 e. The third kappa shape index (κ3) is 8.38. The Labute approximate surface area is 312 Å². The van der Waals surface area contributed by atoms with Gasteiger partial charge in [-0.05, 0) is 96.5 Å². The maximum atomic E-state index is 11.1. The Balaban J connectivity index is 1.29. The van der Waals surface area contributed by atoms with E-state index in [1.165, 1.54) is 0 Å². The van der Waals surface area contributed by atoms with Crippen molar-refractivity contribution in [2.75, 3.05) is 42.7 Å². The van der Waals surface area contributed by atoms with Crippen molar-refractivity contribution in [1.82, 2.24) is 0 Å². The fourth-order valence-corrected chi connectivity index (χ4v) is 6.78. The Kier molecular flexibility index (Phi) is 12.9. The molecule has 1 fully saturated rings. The topological polar surface area (TPSA) is 124 Å². The van der Waals surface area contributed by atoms with Crippen LogP contribution in [0.5, 0.6) is 46.0 Å². The smallest absolute Gasteiger partial charge is 0.161 e. The van der Waals surface area contributed by atoms with Crippen LogP contribution in [0.3, 0.4) is 0 Å². The monoisotopic (exact) mass is 732 g/mol. The third-order valence-corrected chi connectivity index (χ3v) is 10.1. The SMILES string of the molecule is COc1ccc(C(O)[C@@H](C)Oc2ccc(C3O[C@H](c4ccc(OC(C)[C@@H](O)c5ccc(OC)c(OC)c5)c(OC)c4)[C@H](C)C3C)cc2OC)cc1OC. The summed E-state index contributed by atoms with van der Waals surface area (Å²) < 4.78 is 52.2. The van der Waals surface area contributed by atoms with Crippen molar-refractivity contribution in [3.8, 4) is 46.0 Å². The zero-order valence-electron chi connectivity index (χ0n) is 32.1. The van der Waals surface area contributed by atoms with Gasteiger partial charge in [0, 0.05) is 0 Å². The molecule has 4 aromatic rings. The molecule has 1 heterocycles. The molecule has 0 aromatic heterocycles. The summed E-state index contributed by atoms with van der Waals surface area (Å²) in [6.07, 6.45) is -3.49. The lowest BCUT2D eigenvalue weighted by molar-refractivity contribution is 0.0281. The van der Waals surface area contributed by atoms with Gasteiger partial charge in [0.2, 0.25) is 0 Å². The summed E-state index contributed by atoms with van der Waals surface area (Å²) in [6.45, 7) is 7.96. The first-order valence-electron chi connectivity index (χ1n) is 17.6. The first kappa shape index (κ1) is 39.4. The minimum absolute atomic E-state index is 0.167. The minimum atomic E-state index is -0.932. The van der Waals surface area contributed by atoms with Gasteiger partial charge in [0.15, 0.2) is 46.0 Å². The fourth-order valence-electron chi connectivity index (χ4n) is 6.78. The molecule has 1 aliphatic rings. The lowest BCUT2D eigenvalue weighted by atomic mass is 9.85. The normalized spacial score (nSPS) is 20.5. The highest BCUT2D eigenvalue weighted by Gasteiger charge is 2.41. The van der Waals surface area contributed by atoms with Crippen molar-refractivity contribution in [1.29, 1.82) is 0 Å². The molecular formula is C42H52O11.